The summed E-state index contributed by atoms with van der Waals surface area (Å²) in [7, 11) is 0. The molecule has 0 aliphatic rings. The van der Waals surface area contributed by atoms with Crippen molar-refractivity contribution in [3.8, 4) is 0 Å². The van der Waals surface area contributed by atoms with E-state index in [2.05, 4.69) is 5.32 Å². The molecule has 0 bridgehead atoms. The number of hydrogen-bond acceptors (Lipinski definition) is 3. The van der Waals surface area contributed by atoms with Crippen LogP contribution in [0, 0.1) is 5.92 Å². The van der Waals surface area contributed by atoms with Crippen LogP contribution in [0.1, 0.15) is 20.3 Å². The van der Waals surface area contributed by atoms with Crippen LogP contribution in [0.25, 0.3) is 0 Å². The Morgan fingerprint density at radius 1 is 1.41 bits per heavy atom. The van der Waals surface area contributed by atoms with Gasteiger partial charge in [-0.2, -0.15) is 0 Å². The SMILES string of the molecule is CCN(CC(N)=O)C(=O)NCCC(C)C(=O)O. The molecule has 0 rings (SSSR count). The second-order valence-electron chi connectivity index (χ2n) is 3.74. The number of carboxylic acids is 1. The van der Waals surface area contributed by atoms with Crippen LogP contribution in [0.15, 0.2) is 0 Å². The van der Waals surface area contributed by atoms with Crippen molar-refractivity contribution < 1.29 is 19.5 Å². The monoisotopic (exact) mass is 245 g/mol. The van der Waals surface area contributed by atoms with Crippen LogP contribution >= 0.6 is 0 Å². The van der Waals surface area contributed by atoms with Gasteiger partial charge in [0, 0.05) is 13.1 Å². The van der Waals surface area contributed by atoms with Gasteiger partial charge in [0.1, 0.15) is 6.54 Å². The Morgan fingerprint density at radius 2 is 2.00 bits per heavy atom. The maximum absolute atomic E-state index is 11.5. The minimum absolute atomic E-state index is 0.142. The standard InChI is InChI=1S/C10H19N3O4/c1-3-13(6-8(11)14)10(17)12-5-4-7(2)9(15)16/h7H,3-6H2,1-2H3,(H2,11,14)(H,12,17)(H,15,16). The van der Waals surface area contributed by atoms with Gasteiger partial charge in [-0.05, 0) is 13.3 Å². The highest BCUT2D eigenvalue weighted by Crippen LogP contribution is 2.00. The first kappa shape index (κ1) is 15.2. The van der Waals surface area contributed by atoms with Crippen LogP contribution in [-0.2, 0) is 9.59 Å². The Balaban J connectivity index is 3.98. The van der Waals surface area contributed by atoms with Gasteiger partial charge in [0.05, 0.1) is 5.92 Å². The number of rotatable bonds is 7. The summed E-state index contributed by atoms with van der Waals surface area (Å²) in [5, 5.41) is 11.2. The van der Waals surface area contributed by atoms with Crippen molar-refractivity contribution in [2.75, 3.05) is 19.6 Å². The minimum atomic E-state index is -0.899. The van der Waals surface area contributed by atoms with E-state index in [0.717, 1.165) is 0 Å². The van der Waals surface area contributed by atoms with Gasteiger partial charge in [-0.1, -0.05) is 6.92 Å². The lowest BCUT2D eigenvalue weighted by Gasteiger charge is -2.19. The molecule has 0 aliphatic heterocycles. The fourth-order valence-electron chi connectivity index (χ4n) is 1.15. The topological polar surface area (TPSA) is 113 Å². The van der Waals surface area contributed by atoms with Crippen molar-refractivity contribution in [2.24, 2.45) is 11.7 Å². The van der Waals surface area contributed by atoms with Gasteiger partial charge in [0.25, 0.3) is 0 Å². The summed E-state index contributed by atoms with van der Waals surface area (Å²) in [6.07, 6.45) is 0.342. The number of nitrogens with one attached hydrogen (secondary N) is 1. The van der Waals surface area contributed by atoms with E-state index < -0.39 is 23.8 Å². The van der Waals surface area contributed by atoms with Crippen molar-refractivity contribution >= 4 is 17.9 Å². The second-order valence-corrected chi connectivity index (χ2v) is 3.74. The second kappa shape index (κ2) is 7.48. The van der Waals surface area contributed by atoms with E-state index in [4.69, 9.17) is 10.8 Å². The van der Waals surface area contributed by atoms with Gasteiger partial charge in [-0.15, -0.1) is 0 Å². The summed E-state index contributed by atoms with van der Waals surface area (Å²) in [4.78, 5) is 34.0. The number of hydrogen-bond donors (Lipinski definition) is 3. The third-order valence-corrected chi connectivity index (χ3v) is 2.29. The highest BCUT2D eigenvalue weighted by atomic mass is 16.4. The molecule has 0 aromatic carbocycles. The van der Waals surface area contributed by atoms with Gasteiger partial charge in [0.2, 0.25) is 5.91 Å². The van der Waals surface area contributed by atoms with Crippen LogP contribution in [-0.4, -0.2) is 47.5 Å². The van der Waals surface area contributed by atoms with E-state index in [0.29, 0.717) is 13.0 Å². The number of primary amides is 1. The number of amides is 3. The maximum Gasteiger partial charge on any atom is 0.317 e. The summed E-state index contributed by atoms with van der Waals surface area (Å²) >= 11 is 0. The van der Waals surface area contributed by atoms with Gasteiger partial charge in [-0.3, -0.25) is 9.59 Å². The van der Waals surface area contributed by atoms with Gasteiger partial charge in [-0.25, -0.2) is 4.79 Å². The summed E-state index contributed by atoms with van der Waals surface area (Å²) in [5.74, 6) is -1.99. The quantitative estimate of drug-likeness (QED) is 0.567. The predicted molar refractivity (Wildman–Crippen MR) is 61.3 cm³/mol. The summed E-state index contributed by atoms with van der Waals surface area (Å²) < 4.78 is 0. The van der Waals surface area contributed by atoms with Crippen molar-refractivity contribution in [3.05, 3.63) is 0 Å². The number of likely N-dealkylation sites (N-methyl/N-ethyl adjacent to an activating group) is 1. The first-order valence-electron chi connectivity index (χ1n) is 5.42. The fraction of sp³-hybridized carbons (Fsp3) is 0.700. The fourth-order valence-corrected chi connectivity index (χ4v) is 1.15. The molecule has 0 heterocycles. The van der Waals surface area contributed by atoms with E-state index >= 15 is 0 Å². The number of urea groups is 1. The van der Waals surface area contributed by atoms with Crippen molar-refractivity contribution in [1.29, 1.82) is 0 Å². The number of nitrogens with two attached hydrogens (primary N) is 1. The summed E-state index contributed by atoms with van der Waals surface area (Å²) in [5.41, 5.74) is 4.99. The molecule has 1 unspecified atom stereocenters. The maximum atomic E-state index is 11.5. The molecular weight excluding hydrogens is 226 g/mol. The molecule has 4 N–H and O–H groups in total. The molecule has 7 heteroatoms. The minimum Gasteiger partial charge on any atom is -0.481 e. The molecule has 98 valence electrons. The van der Waals surface area contributed by atoms with E-state index in [1.807, 2.05) is 0 Å². The molecule has 0 radical (unpaired) electrons. The van der Waals surface area contributed by atoms with E-state index in [1.54, 1.807) is 13.8 Å². The first-order chi connectivity index (χ1) is 7.88. The molecule has 3 amide bonds. The highest BCUT2D eigenvalue weighted by Gasteiger charge is 2.15. The number of aliphatic carboxylic acids is 1. The lowest BCUT2D eigenvalue weighted by Crippen LogP contribution is -2.44. The Labute approximate surface area is 100.0 Å². The average Bonchev–Trinajstić information content (AvgIpc) is 2.24. The van der Waals surface area contributed by atoms with Crippen LogP contribution in [0.4, 0.5) is 4.79 Å². The third kappa shape index (κ3) is 6.39. The van der Waals surface area contributed by atoms with Crippen LogP contribution < -0.4 is 11.1 Å². The number of nitrogens with zero attached hydrogens (tertiary/aromatic N) is 1. The number of carboxylic acid groups (broad SMARTS) is 1. The molecule has 0 aromatic rings. The molecule has 0 aromatic heterocycles. The molecule has 0 saturated heterocycles. The Bertz CT molecular complexity index is 293. The van der Waals surface area contributed by atoms with Crippen molar-refractivity contribution in [2.45, 2.75) is 20.3 Å². The predicted octanol–water partition coefficient (Wildman–Crippen LogP) is -0.386. The molecule has 0 aliphatic carbocycles. The molecule has 7 nitrogen and oxygen atoms in total. The largest absolute Gasteiger partial charge is 0.481 e. The smallest absolute Gasteiger partial charge is 0.317 e. The van der Waals surface area contributed by atoms with Gasteiger partial charge < -0.3 is 21.1 Å². The number of carbonyl (C=O) groups is 3. The van der Waals surface area contributed by atoms with Gasteiger partial charge >= 0.3 is 12.0 Å². The first-order valence-corrected chi connectivity index (χ1v) is 5.42. The third-order valence-electron chi connectivity index (χ3n) is 2.29. The zero-order chi connectivity index (χ0) is 13.4. The van der Waals surface area contributed by atoms with Gasteiger partial charge in [0.15, 0.2) is 0 Å². The molecule has 0 spiro atoms. The van der Waals surface area contributed by atoms with Crippen LogP contribution in [0.2, 0.25) is 0 Å². The molecular formula is C10H19N3O4. The Kier molecular flexibility index (Phi) is 6.69. The van der Waals surface area contributed by atoms with Crippen molar-refractivity contribution in [3.63, 3.8) is 0 Å². The zero-order valence-electron chi connectivity index (χ0n) is 10.1. The molecule has 1 atom stereocenters. The normalized spacial score (nSPS) is 11.6. The lowest BCUT2D eigenvalue weighted by molar-refractivity contribution is -0.141. The summed E-state index contributed by atoms with van der Waals surface area (Å²) in [6, 6.07) is -0.413. The average molecular weight is 245 g/mol. The molecule has 0 fully saturated rings. The van der Waals surface area contributed by atoms with E-state index in [1.165, 1.54) is 4.90 Å². The van der Waals surface area contributed by atoms with Crippen LogP contribution in [0.5, 0.6) is 0 Å². The molecule has 0 saturated carbocycles. The highest BCUT2D eigenvalue weighted by molar-refractivity contribution is 5.82. The number of carbonyl (C=O) groups excluding carboxylic acids is 2. The van der Waals surface area contributed by atoms with Crippen LogP contribution in [0.3, 0.4) is 0 Å². The zero-order valence-corrected chi connectivity index (χ0v) is 10.1. The molecule has 17 heavy (non-hydrogen) atoms. The van der Waals surface area contributed by atoms with Crippen molar-refractivity contribution in [1.82, 2.24) is 10.2 Å². The summed E-state index contributed by atoms with van der Waals surface area (Å²) in [6.45, 7) is 3.76. The Morgan fingerprint density at radius 3 is 2.41 bits per heavy atom. The Hall–Kier alpha value is -1.79. The van der Waals surface area contributed by atoms with E-state index in [-0.39, 0.29) is 13.1 Å². The van der Waals surface area contributed by atoms with E-state index in [9.17, 15) is 14.4 Å². The lowest BCUT2D eigenvalue weighted by atomic mass is 10.1.